The van der Waals surface area contributed by atoms with Gasteiger partial charge in [-0.25, -0.2) is 5.01 Å². The Bertz CT molecular complexity index is 1170. The number of nitro benzene ring substituents is 1. The van der Waals surface area contributed by atoms with Gasteiger partial charge in [0, 0.05) is 20.2 Å². The zero-order valence-electron chi connectivity index (χ0n) is 17.5. The van der Waals surface area contributed by atoms with Crippen molar-refractivity contribution in [3.05, 3.63) is 74.2 Å². The molecule has 1 heterocycles. The van der Waals surface area contributed by atoms with Crippen LogP contribution in [0.4, 0.5) is 5.69 Å². The molecule has 0 spiro atoms. The number of imide groups is 1. The lowest BCUT2D eigenvalue weighted by Gasteiger charge is -2.31. The second kappa shape index (κ2) is 8.83. The molecule has 2 aromatic carbocycles. The van der Waals surface area contributed by atoms with Crippen LogP contribution in [0.2, 0.25) is 0 Å². The normalized spacial score (nSPS) is 29.4. The van der Waals surface area contributed by atoms with Gasteiger partial charge in [0.15, 0.2) is 0 Å². The smallest absolute Gasteiger partial charge is 0.272 e. The van der Waals surface area contributed by atoms with Gasteiger partial charge in [-0.2, -0.15) is 5.01 Å². The van der Waals surface area contributed by atoms with Crippen molar-refractivity contribution in [1.29, 1.82) is 0 Å². The Morgan fingerprint density at radius 1 is 1.00 bits per heavy atom. The number of halogens is 3. The first-order valence-corrected chi connectivity index (χ1v) is 13.3. The maximum absolute atomic E-state index is 13.7. The van der Waals surface area contributed by atoms with Crippen molar-refractivity contribution in [1.82, 2.24) is 10.0 Å². The van der Waals surface area contributed by atoms with Gasteiger partial charge in [0.25, 0.3) is 23.4 Å². The molecule has 11 heteroatoms. The van der Waals surface area contributed by atoms with E-state index in [1.54, 1.807) is 24.3 Å². The first-order valence-electron chi connectivity index (χ1n) is 10.7. The summed E-state index contributed by atoms with van der Waals surface area (Å²) < 4.78 is 0.832. The SMILES string of the molecule is O=C(c1ccccc1[N+](=O)[O-])N(Cc1ccc(Br)cc1)N1C(=O)[C@@H]2[C@H]3C[C@@H]([C@@H](Br)[C@H]3Br)[C@H]2C1=O. The maximum atomic E-state index is 13.7. The van der Waals surface area contributed by atoms with Crippen molar-refractivity contribution in [3.63, 3.8) is 0 Å². The molecule has 6 atom stereocenters. The fourth-order valence-electron chi connectivity index (χ4n) is 5.52. The molecule has 1 saturated heterocycles. The highest BCUT2D eigenvalue weighted by Crippen LogP contribution is 2.60. The van der Waals surface area contributed by atoms with Crippen LogP contribution in [0.1, 0.15) is 22.3 Å². The molecule has 176 valence electrons. The van der Waals surface area contributed by atoms with Gasteiger partial charge in [0.1, 0.15) is 5.56 Å². The fourth-order valence-corrected chi connectivity index (χ4v) is 7.66. The summed E-state index contributed by atoms with van der Waals surface area (Å²) in [5.74, 6) is -2.67. The van der Waals surface area contributed by atoms with Crippen LogP contribution in [-0.2, 0) is 16.1 Å². The van der Waals surface area contributed by atoms with E-state index in [0.29, 0.717) is 5.56 Å². The van der Waals surface area contributed by atoms with E-state index in [1.165, 1.54) is 24.3 Å². The highest BCUT2D eigenvalue weighted by Gasteiger charge is 2.67. The van der Waals surface area contributed by atoms with Crippen molar-refractivity contribution >= 4 is 71.2 Å². The van der Waals surface area contributed by atoms with Gasteiger partial charge in [-0.3, -0.25) is 24.5 Å². The number of amides is 3. The molecule has 2 aliphatic carbocycles. The highest BCUT2D eigenvalue weighted by molar-refractivity contribution is 9.12. The van der Waals surface area contributed by atoms with E-state index in [2.05, 4.69) is 47.8 Å². The van der Waals surface area contributed by atoms with Crippen molar-refractivity contribution in [2.75, 3.05) is 0 Å². The third-order valence-electron chi connectivity index (χ3n) is 7.02. The van der Waals surface area contributed by atoms with Crippen LogP contribution in [-0.4, -0.2) is 42.3 Å². The summed E-state index contributed by atoms with van der Waals surface area (Å²) in [4.78, 5) is 52.0. The third-order valence-corrected chi connectivity index (χ3v) is 10.8. The minimum absolute atomic E-state index is 0.0171. The van der Waals surface area contributed by atoms with Crippen molar-refractivity contribution in [2.24, 2.45) is 23.7 Å². The highest BCUT2D eigenvalue weighted by atomic mass is 79.9. The number of carbonyl (C=O) groups excluding carboxylic acids is 3. The monoisotopic (exact) mass is 653 g/mol. The zero-order chi connectivity index (χ0) is 24.3. The molecular weight excluding hydrogens is 638 g/mol. The first-order chi connectivity index (χ1) is 16.2. The minimum Gasteiger partial charge on any atom is -0.272 e. The molecule has 2 aromatic rings. The van der Waals surface area contributed by atoms with Crippen LogP contribution in [0.15, 0.2) is 53.0 Å². The number of hydrazine groups is 1. The lowest BCUT2D eigenvalue weighted by atomic mass is 9.81. The van der Waals surface area contributed by atoms with Crippen LogP contribution in [0.3, 0.4) is 0 Å². The van der Waals surface area contributed by atoms with Crippen molar-refractivity contribution in [2.45, 2.75) is 22.6 Å². The summed E-state index contributed by atoms with van der Waals surface area (Å²) in [6, 6.07) is 12.7. The number of hydrogen-bond donors (Lipinski definition) is 0. The van der Waals surface area contributed by atoms with Crippen molar-refractivity contribution < 1.29 is 19.3 Å². The van der Waals surface area contributed by atoms with Crippen LogP contribution in [0.5, 0.6) is 0 Å². The van der Waals surface area contributed by atoms with Gasteiger partial charge in [-0.15, -0.1) is 0 Å². The molecule has 2 bridgehead atoms. The number of hydrogen-bond acceptors (Lipinski definition) is 5. The van der Waals surface area contributed by atoms with E-state index in [-0.39, 0.29) is 39.3 Å². The number of rotatable bonds is 5. The molecule has 3 aliphatic rings. The second-order valence-electron chi connectivity index (χ2n) is 8.76. The average molecular weight is 656 g/mol. The quantitative estimate of drug-likeness (QED) is 0.201. The van der Waals surface area contributed by atoms with Gasteiger partial charge in [0.2, 0.25) is 0 Å². The maximum Gasteiger partial charge on any atom is 0.282 e. The van der Waals surface area contributed by atoms with E-state index in [4.69, 9.17) is 0 Å². The molecule has 0 unspecified atom stereocenters. The van der Waals surface area contributed by atoms with Gasteiger partial charge < -0.3 is 0 Å². The largest absolute Gasteiger partial charge is 0.282 e. The Morgan fingerprint density at radius 2 is 1.56 bits per heavy atom. The van der Waals surface area contributed by atoms with Crippen LogP contribution < -0.4 is 0 Å². The molecule has 3 fully saturated rings. The molecule has 1 aliphatic heterocycles. The van der Waals surface area contributed by atoms with Crippen LogP contribution >= 0.6 is 47.8 Å². The van der Waals surface area contributed by atoms with Crippen LogP contribution in [0.25, 0.3) is 0 Å². The van der Waals surface area contributed by atoms with Gasteiger partial charge in [-0.05, 0) is 42.0 Å². The molecular formula is C23H18Br3N3O5. The fraction of sp³-hybridized carbons (Fsp3) is 0.348. The van der Waals surface area contributed by atoms with E-state index in [0.717, 1.165) is 20.9 Å². The Kier molecular flexibility index (Phi) is 6.14. The number of benzene rings is 2. The summed E-state index contributed by atoms with van der Waals surface area (Å²) in [7, 11) is 0. The number of alkyl halides is 2. The molecule has 0 N–H and O–H groups in total. The zero-order valence-corrected chi connectivity index (χ0v) is 22.3. The first kappa shape index (κ1) is 23.6. The lowest BCUT2D eigenvalue weighted by Crippen LogP contribution is -2.50. The van der Waals surface area contributed by atoms with Gasteiger partial charge in [0.05, 0.1) is 23.3 Å². The van der Waals surface area contributed by atoms with E-state index < -0.39 is 34.5 Å². The predicted molar refractivity (Wildman–Crippen MR) is 133 cm³/mol. The molecule has 3 amide bonds. The molecule has 8 nitrogen and oxygen atoms in total. The summed E-state index contributed by atoms with van der Waals surface area (Å²) in [5.41, 5.74) is 0.114. The Labute approximate surface area is 220 Å². The topological polar surface area (TPSA) is 101 Å². The second-order valence-corrected chi connectivity index (χ2v) is 11.8. The Balaban J connectivity index is 1.56. The number of nitrogens with zero attached hydrogens (tertiary/aromatic N) is 3. The van der Waals surface area contributed by atoms with Crippen molar-refractivity contribution in [3.8, 4) is 0 Å². The van der Waals surface area contributed by atoms with E-state index >= 15 is 0 Å². The summed E-state index contributed by atoms with van der Waals surface area (Å²) in [5, 5.41) is 13.6. The number of carbonyl (C=O) groups is 3. The standard InChI is InChI=1S/C23H18Br3N3O5/c24-12-7-5-11(6-8-12)10-27(21(30)13-3-1-2-4-16(13)29(33)34)28-22(31)17-14-9-15(18(17)23(28)32)20(26)19(14)25/h1-8,14-15,17-20H,9-10H2/t14-,15-,17-,18-,19-,20+/m1/s1. The van der Waals surface area contributed by atoms with Gasteiger partial charge in [-0.1, -0.05) is 72.1 Å². The van der Waals surface area contributed by atoms with Crippen LogP contribution in [0, 0.1) is 33.8 Å². The molecule has 5 rings (SSSR count). The Hall–Kier alpha value is -2.11. The molecule has 0 aromatic heterocycles. The summed E-state index contributed by atoms with van der Waals surface area (Å²) >= 11 is 10.7. The number of para-hydroxylation sites is 1. The van der Waals surface area contributed by atoms with E-state index in [1.807, 2.05) is 0 Å². The average Bonchev–Trinajstić information content (AvgIpc) is 3.43. The molecule has 34 heavy (non-hydrogen) atoms. The third kappa shape index (κ3) is 3.63. The summed E-state index contributed by atoms with van der Waals surface area (Å²) in [6.45, 7) is -0.0834. The minimum atomic E-state index is -0.768. The number of nitro groups is 1. The Morgan fingerprint density at radius 3 is 2.12 bits per heavy atom. The van der Waals surface area contributed by atoms with E-state index in [9.17, 15) is 24.5 Å². The molecule has 2 saturated carbocycles. The lowest BCUT2D eigenvalue weighted by molar-refractivity contribution is -0.385. The predicted octanol–water partition coefficient (Wildman–Crippen LogP) is 4.69. The number of fused-ring (bicyclic) bond motifs is 5. The van der Waals surface area contributed by atoms with Gasteiger partial charge >= 0.3 is 0 Å². The molecule has 0 radical (unpaired) electrons. The summed E-state index contributed by atoms with van der Waals surface area (Å²) in [6.07, 6.45) is 0.761.